The van der Waals surface area contributed by atoms with E-state index in [0.717, 1.165) is 17.7 Å². The molecule has 0 atom stereocenters. The molecule has 0 fully saturated rings. The van der Waals surface area contributed by atoms with Crippen LogP contribution in [0.3, 0.4) is 0 Å². The molecular formula is C15H18ClNO2. The number of aryl methyl sites for hydroxylation is 1. The van der Waals surface area contributed by atoms with E-state index in [-0.39, 0.29) is 18.2 Å². The van der Waals surface area contributed by atoms with Crippen molar-refractivity contribution in [2.75, 3.05) is 6.54 Å². The molecule has 0 unspecified atom stereocenters. The minimum absolute atomic E-state index is 0. The van der Waals surface area contributed by atoms with Crippen molar-refractivity contribution in [1.29, 1.82) is 0 Å². The van der Waals surface area contributed by atoms with E-state index < -0.39 is 0 Å². The van der Waals surface area contributed by atoms with Crippen molar-refractivity contribution < 1.29 is 9.84 Å². The smallest absolute Gasteiger partial charge is 0.130 e. The van der Waals surface area contributed by atoms with Gasteiger partial charge in [0.05, 0.1) is 0 Å². The van der Waals surface area contributed by atoms with Crippen molar-refractivity contribution in [3.63, 3.8) is 0 Å². The summed E-state index contributed by atoms with van der Waals surface area (Å²) >= 11 is 0. The van der Waals surface area contributed by atoms with Crippen LogP contribution in [0.1, 0.15) is 11.1 Å². The molecule has 0 radical (unpaired) electrons. The molecule has 0 spiro atoms. The Kier molecular flexibility index (Phi) is 5.67. The maximum absolute atomic E-state index is 9.21. The van der Waals surface area contributed by atoms with E-state index >= 15 is 0 Å². The Morgan fingerprint density at radius 3 is 2.37 bits per heavy atom. The second-order valence-corrected chi connectivity index (χ2v) is 4.23. The van der Waals surface area contributed by atoms with Crippen LogP contribution >= 0.6 is 12.4 Å². The Balaban J connectivity index is 0.00000180. The van der Waals surface area contributed by atoms with Crippen LogP contribution in [0.2, 0.25) is 0 Å². The summed E-state index contributed by atoms with van der Waals surface area (Å²) in [5.74, 6) is 1.77. The fraction of sp³-hybridized carbons (Fsp3) is 0.200. The highest BCUT2D eigenvalue weighted by atomic mass is 35.5. The number of hydrogen-bond acceptors (Lipinski definition) is 3. The van der Waals surface area contributed by atoms with E-state index in [1.54, 1.807) is 24.3 Å². The number of rotatable bonds is 4. The Morgan fingerprint density at radius 2 is 1.79 bits per heavy atom. The quantitative estimate of drug-likeness (QED) is 0.902. The van der Waals surface area contributed by atoms with E-state index in [0.29, 0.717) is 12.3 Å². The number of phenolic OH excluding ortho intramolecular Hbond substituents is 1. The van der Waals surface area contributed by atoms with E-state index in [1.807, 2.05) is 19.1 Å². The SMILES string of the molecule is Cc1cc(CCN)ccc1Oc1ccc(O)cc1.Cl. The summed E-state index contributed by atoms with van der Waals surface area (Å²) in [6.45, 7) is 2.66. The minimum Gasteiger partial charge on any atom is -0.508 e. The van der Waals surface area contributed by atoms with Crippen LogP contribution in [0, 0.1) is 6.92 Å². The molecule has 3 nitrogen and oxygen atoms in total. The summed E-state index contributed by atoms with van der Waals surface area (Å²) in [5, 5.41) is 9.21. The summed E-state index contributed by atoms with van der Waals surface area (Å²) in [7, 11) is 0. The maximum atomic E-state index is 9.21. The molecule has 0 heterocycles. The number of nitrogens with two attached hydrogens (primary N) is 1. The van der Waals surface area contributed by atoms with Gasteiger partial charge in [-0.15, -0.1) is 12.4 Å². The largest absolute Gasteiger partial charge is 0.508 e. The average molecular weight is 280 g/mol. The number of hydrogen-bond donors (Lipinski definition) is 2. The van der Waals surface area contributed by atoms with Crippen molar-refractivity contribution in [1.82, 2.24) is 0 Å². The number of benzene rings is 2. The zero-order chi connectivity index (χ0) is 13.0. The normalized spacial score (nSPS) is 9.79. The molecule has 19 heavy (non-hydrogen) atoms. The van der Waals surface area contributed by atoms with Gasteiger partial charge in [-0.3, -0.25) is 0 Å². The van der Waals surface area contributed by atoms with Gasteiger partial charge < -0.3 is 15.6 Å². The Hall–Kier alpha value is -1.71. The first-order chi connectivity index (χ1) is 8.69. The highest BCUT2D eigenvalue weighted by Crippen LogP contribution is 2.26. The lowest BCUT2D eigenvalue weighted by atomic mass is 10.1. The predicted octanol–water partition coefficient (Wildman–Crippen LogP) is 3.42. The first-order valence-corrected chi connectivity index (χ1v) is 5.95. The summed E-state index contributed by atoms with van der Waals surface area (Å²) in [5.41, 5.74) is 7.83. The van der Waals surface area contributed by atoms with Gasteiger partial charge >= 0.3 is 0 Å². The maximum Gasteiger partial charge on any atom is 0.130 e. The van der Waals surface area contributed by atoms with Crippen LogP contribution in [-0.2, 0) is 6.42 Å². The number of aromatic hydroxyl groups is 1. The average Bonchev–Trinajstić information content (AvgIpc) is 2.36. The molecule has 2 rings (SSSR count). The van der Waals surface area contributed by atoms with Crippen molar-refractivity contribution >= 4 is 12.4 Å². The highest BCUT2D eigenvalue weighted by molar-refractivity contribution is 5.85. The van der Waals surface area contributed by atoms with Gasteiger partial charge in [0, 0.05) is 0 Å². The molecule has 2 aromatic rings. The molecule has 0 saturated heterocycles. The van der Waals surface area contributed by atoms with E-state index in [2.05, 4.69) is 6.07 Å². The molecule has 0 saturated carbocycles. The summed E-state index contributed by atoms with van der Waals surface area (Å²) in [4.78, 5) is 0. The summed E-state index contributed by atoms with van der Waals surface area (Å²) in [6, 6.07) is 12.7. The minimum atomic E-state index is 0. The fourth-order valence-corrected chi connectivity index (χ4v) is 1.79. The molecule has 0 aromatic heterocycles. The van der Waals surface area contributed by atoms with Crippen LogP contribution in [0.4, 0.5) is 0 Å². The van der Waals surface area contributed by atoms with Gasteiger partial charge in [0.25, 0.3) is 0 Å². The monoisotopic (exact) mass is 279 g/mol. The molecule has 0 bridgehead atoms. The zero-order valence-electron chi connectivity index (χ0n) is 10.8. The molecule has 2 aromatic carbocycles. The molecule has 0 aliphatic heterocycles. The van der Waals surface area contributed by atoms with E-state index in [9.17, 15) is 5.11 Å². The third kappa shape index (κ3) is 4.16. The Bertz CT molecular complexity index is 526. The Morgan fingerprint density at radius 1 is 1.11 bits per heavy atom. The van der Waals surface area contributed by atoms with Gasteiger partial charge in [-0.1, -0.05) is 12.1 Å². The molecule has 102 valence electrons. The molecule has 0 amide bonds. The van der Waals surface area contributed by atoms with E-state index in [4.69, 9.17) is 10.5 Å². The summed E-state index contributed by atoms with van der Waals surface area (Å²) < 4.78 is 5.75. The van der Waals surface area contributed by atoms with Crippen LogP contribution < -0.4 is 10.5 Å². The van der Waals surface area contributed by atoms with Crippen molar-refractivity contribution in [2.45, 2.75) is 13.3 Å². The third-order valence-electron chi connectivity index (χ3n) is 2.74. The second kappa shape index (κ2) is 7.02. The molecule has 3 N–H and O–H groups in total. The third-order valence-corrected chi connectivity index (χ3v) is 2.74. The van der Waals surface area contributed by atoms with Gasteiger partial charge in [0.15, 0.2) is 0 Å². The van der Waals surface area contributed by atoms with Crippen molar-refractivity contribution in [3.05, 3.63) is 53.6 Å². The lowest BCUT2D eigenvalue weighted by Crippen LogP contribution is -2.02. The fourth-order valence-electron chi connectivity index (χ4n) is 1.79. The van der Waals surface area contributed by atoms with Crippen molar-refractivity contribution in [3.8, 4) is 17.2 Å². The molecule has 4 heteroatoms. The molecular weight excluding hydrogens is 262 g/mol. The van der Waals surface area contributed by atoms with Gasteiger partial charge in [-0.25, -0.2) is 0 Å². The van der Waals surface area contributed by atoms with Crippen molar-refractivity contribution in [2.24, 2.45) is 5.73 Å². The van der Waals surface area contributed by atoms with Gasteiger partial charge in [0.2, 0.25) is 0 Å². The number of halogens is 1. The molecule has 0 aliphatic rings. The standard InChI is InChI=1S/C15H17NO2.ClH/c1-11-10-12(8-9-16)2-7-15(11)18-14-5-3-13(17)4-6-14;/h2-7,10,17H,8-9,16H2,1H3;1H. The van der Waals surface area contributed by atoms with Gasteiger partial charge in [0.1, 0.15) is 17.2 Å². The Labute approximate surface area is 119 Å². The zero-order valence-corrected chi connectivity index (χ0v) is 11.6. The number of ether oxygens (including phenoxy) is 1. The first-order valence-electron chi connectivity index (χ1n) is 5.95. The van der Waals surface area contributed by atoms with Crippen LogP contribution in [0.5, 0.6) is 17.2 Å². The topological polar surface area (TPSA) is 55.5 Å². The van der Waals surface area contributed by atoms with E-state index in [1.165, 1.54) is 5.56 Å². The summed E-state index contributed by atoms with van der Waals surface area (Å²) in [6.07, 6.45) is 0.875. The van der Waals surface area contributed by atoms with Gasteiger partial charge in [-0.05, 0) is 61.3 Å². The van der Waals surface area contributed by atoms with Crippen LogP contribution in [0.25, 0.3) is 0 Å². The van der Waals surface area contributed by atoms with Gasteiger partial charge in [-0.2, -0.15) is 0 Å². The first kappa shape index (κ1) is 15.3. The highest BCUT2D eigenvalue weighted by Gasteiger charge is 2.03. The van der Waals surface area contributed by atoms with Crippen LogP contribution in [-0.4, -0.2) is 11.7 Å². The molecule has 0 aliphatic carbocycles. The number of phenols is 1. The lowest BCUT2D eigenvalue weighted by Gasteiger charge is -2.10. The second-order valence-electron chi connectivity index (χ2n) is 4.23. The lowest BCUT2D eigenvalue weighted by molar-refractivity contribution is 0.463. The predicted molar refractivity (Wildman–Crippen MR) is 79.4 cm³/mol. The van der Waals surface area contributed by atoms with Crippen LogP contribution in [0.15, 0.2) is 42.5 Å².